The molecule has 1 aliphatic carbocycles. The molecule has 2 aromatic carbocycles. The lowest BCUT2D eigenvalue weighted by Crippen LogP contribution is -2.50. The predicted octanol–water partition coefficient (Wildman–Crippen LogP) is 5.21. The standard InChI is InChI=1S/C35H44FN5O7S/c1-21(20-46-49(6,44)45)47-30-9-7-8-24-15-29(41(31(24)30)18-22-10-11-22)32-38-27-16-26-23(14-28(27)39(32)5)12-13-40(33(26)42)19-25(17-36)37-34(43)48-35(2,3)4/h7-9,14-16,21-22,25H,10-13,17-20H2,1-6H3,(H,37,43). The summed E-state index contributed by atoms with van der Waals surface area (Å²) in [6, 6.07) is 10.8. The number of carbonyl (C=O) groups is 2. The summed E-state index contributed by atoms with van der Waals surface area (Å²) in [5.74, 6) is 1.65. The maximum absolute atomic E-state index is 13.9. The van der Waals surface area contributed by atoms with Crippen LogP contribution >= 0.6 is 0 Å². The molecule has 0 bridgehead atoms. The Balaban J connectivity index is 1.30. The molecule has 49 heavy (non-hydrogen) atoms. The van der Waals surface area contributed by atoms with E-state index < -0.39 is 40.6 Å². The van der Waals surface area contributed by atoms with Crippen LogP contribution in [0.1, 0.15) is 56.5 Å². The summed E-state index contributed by atoms with van der Waals surface area (Å²) in [7, 11) is -1.64. The molecule has 14 heteroatoms. The fourth-order valence-corrected chi connectivity index (χ4v) is 6.72. The zero-order valence-electron chi connectivity index (χ0n) is 28.8. The number of amides is 2. The van der Waals surface area contributed by atoms with Gasteiger partial charge in [0.15, 0.2) is 5.82 Å². The Morgan fingerprint density at radius 1 is 1.18 bits per heavy atom. The van der Waals surface area contributed by atoms with Gasteiger partial charge in [-0.25, -0.2) is 14.2 Å². The molecule has 12 nitrogen and oxygen atoms in total. The first-order chi connectivity index (χ1) is 23.1. The van der Waals surface area contributed by atoms with E-state index in [1.165, 1.54) is 0 Å². The molecular formula is C35H44FN5O7S. The van der Waals surface area contributed by atoms with Gasteiger partial charge in [0.1, 0.15) is 30.7 Å². The summed E-state index contributed by atoms with van der Waals surface area (Å²) in [5, 5.41) is 3.51. The van der Waals surface area contributed by atoms with E-state index in [0.717, 1.165) is 59.1 Å². The van der Waals surface area contributed by atoms with Crippen LogP contribution in [0.3, 0.4) is 0 Å². The lowest BCUT2D eigenvalue weighted by atomic mass is 9.97. The van der Waals surface area contributed by atoms with Crippen molar-refractivity contribution in [3.63, 3.8) is 0 Å². The van der Waals surface area contributed by atoms with Crippen LogP contribution in [-0.2, 0) is 39.1 Å². The summed E-state index contributed by atoms with van der Waals surface area (Å²) >= 11 is 0. The van der Waals surface area contributed by atoms with Gasteiger partial charge in [-0.1, -0.05) is 12.1 Å². The number of halogens is 1. The van der Waals surface area contributed by atoms with Gasteiger partial charge in [-0.2, -0.15) is 8.42 Å². The van der Waals surface area contributed by atoms with E-state index in [4.69, 9.17) is 18.6 Å². The smallest absolute Gasteiger partial charge is 0.408 e. The van der Waals surface area contributed by atoms with E-state index in [-0.39, 0.29) is 19.1 Å². The number of alkyl carbamates (subject to hydrolysis) is 1. The molecule has 1 aliphatic heterocycles. The number of nitrogens with one attached hydrogen (secondary N) is 1. The molecule has 2 atom stereocenters. The van der Waals surface area contributed by atoms with Crippen molar-refractivity contribution < 1.29 is 36.1 Å². The number of ether oxygens (including phenoxy) is 2. The van der Waals surface area contributed by atoms with Gasteiger partial charge in [0, 0.05) is 37.6 Å². The van der Waals surface area contributed by atoms with Crippen molar-refractivity contribution in [3.8, 4) is 17.3 Å². The summed E-state index contributed by atoms with van der Waals surface area (Å²) in [5.41, 5.74) is 4.02. The minimum absolute atomic E-state index is 0.0181. The monoisotopic (exact) mass is 697 g/mol. The average Bonchev–Trinajstić information content (AvgIpc) is 3.68. The van der Waals surface area contributed by atoms with Gasteiger partial charge in [-0.3, -0.25) is 8.98 Å². The first kappa shape index (κ1) is 34.7. The highest BCUT2D eigenvalue weighted by molar-refractivity contribution is 7.85. The highest BCUT2D eigenvalue weighted by Gasteiger charge is 2.31. The number of benzene rings is 2. The van der Waals surface area contributed by atoms with E-state index >= 15 is 0 Å². The third kappa shape index (κ3) is 7.85. The van der Waals surface area contributed by atoms with Crippen molar-refractivity contribution in [2.45, 2.75) is 71.2 Å². The average molecular weight is 698 g/mol. The number of para-hydroxylation sites is 1. The van der Waals surface area contributed by atoms with Crippen molar-refractivity contribution in [2.75, 3.05) is 32.6 Å². The van der Waals surface area contributed by atoms with Crippen LogP contribution in [-0.4, -0.2) is 89.8 Å². The molecule has 1 N–H and O–H groups in total. The molecule has 4 aromatic rings. The van der Waals surface area contributed by atoms with Gasteiger partial charge in [-0.05, 0) is 82.7 Å². The second-order valence-electron chi connectivity index (χ2n) is 14.2. The molecule has 2 unspecified atom stereocenters. The fraction of sp³-hybridized carbons (Fsp3) is 0.514. The first-order valence-electron chi connectivity index (χ1n) is 16.6. The predicted molar refractivity (Wildman–Crippen MR) is 184 cm³/mol. The van der Waals surface area contributed by atoms with E-state index in [1.807, 2.05) is 35.9 Å². The summed E-state index contributed by atoms with van der Waals surface area (Å²) < 4.78 is 57.8. The lowest BCUT2D eigenvalue weighted by Gasteiger charge is -2.31. The normalized spacial score (nSPS) is 16.6. The topological polar surface area (TPSA) is 134 Å². The number of hydrogen-bond donors (Lipinski definition) is 1. The molecular weight excluding hydrogens is 653 g/mol. The van der Waals surface area contributed by atoms with Crippen molar-refractivity contribution >= 4 is 44.1 Å². The fourth-order valence-electron chi connectivity index (χ4n) is 6.28. The van der Waals surface area contributed by atoms with Crippen molar-refractivity contribution in [1.29, 1.82) is 0 Å². The second-order valence-corrected chi connectivity index (χ2v) is 15.8. The number of aryl methyl sites for hydroxylation is 1. The SMILES string of the molecule is CC(COS(C)(=O)=O)Oc1cccc2cc(-c3nc4cc5c(cc4n3C)CCN(CC(CF)NC(=O)OC(C)(C)C)C5=O)n(CC3CC3)c12. The third-order valence-electron chi connectivity index (χ3n) is 8.72. The molecule has 1 fully saturated rings. The first-order valence-corrected chi connectivity index (χ1v) is 18.4. The molecule has 264 valence electrons. The Labute approximate surface area is 285 Å². The minimum atomic E-state index is -3.60. The third-order valence-corrected chi connectivity index (χ3v) is 9.28. The largest absolute Gasteiger partial charge is 0.486 e. The van der Waals surface area contributed by atoms with Gasteiger partial charge in [0.2, 0.25) is 0 Å². The van der Waals surface area contributed by atoms with E-state index in [2.05, 4.69) is 16.0 Å². The number of carbonyl (C=O) groups excluding carboxylic acids is 2. The highest BCUT2D eigenvalue weighted by atomic mass is 32.2. The Kier molecular flexibility index (Phi) is 9.40. The zero-order valence-corrected chi connectivity index (χ0v) is 29.6. The second kappa shape index (κ2) is 13.3. The Morgan fingerprint density at radius 3 is 2.61 bits per heavy atom. The van der Waals surface area contributed by atoms with Gasteiger partial charge >= 0.3 is 6.09 Å². The minimum Gasteiger partial charge on any atom is -0.486 e. The maximum Gasteiger partial charge on any atom is 0.408 e. The summed E-state index contributed by atoms with van der Waals surface area (Å²) in [6.07, 6.45) is 2.61. The highest BCUT2D eigenvalue weighted by Crippen LogP contribution is 2.40. The molecule has 0 radical (unpaired) electrons. The Hall–Kier alpha value is -4.17. The van der Waals surface area contributed by atoms with E-state index in [9.17, 15) is 22.4 Å². The van der Waals surface area contributed by atoms with Crippen LogP contribution in [0.4, 0.5) is 9.18 Å². The molecule has 0 saturated heterocycles. The molecule has 2 aliphatic rings. The van der Waals surface area contributed by atoms with Crippen LogP contribution in [0.5, 0.6) is 5.75 Å². The van der Waals surface area contributed by atoms with Crippen molar-refractivity contribution in [1.82, 2.24) is 24.3 Å². The lowest BCUT2D eigenvalue weighted by molar-refractivity contribution is 0.0466. The molecule has 1 saturated carbocycles. The number of hydrogen-bond acceptors (Lipinski definition) is 8. The van der Waals surface area contributed by atoms with E-state index in [1.54, 1.807) is 38.7 Å². The van der Waals surface area contributed by atoms with Crippen LogP contribution < -0.4 is 10.1 Å². The van der Waals surface area contributed by atoms with Gasteiger partial charge in [-0.15, -0.1) is 0 Å². The Bertz CT molecular complexity index is 2010. The van der Waals surface area contributed by atoms with Crippen LogP contribution in [0, 0.1) is 5.92 Å². The Morgan fingerprint density at radius 2 is 1.94 bits per heavy atom. The quantitative estimate of drug-likeness (QED) is 0.200. The zero-order chi connectivity index (χ0) is 35.2. The number of fused-ring (bicyclic) bond motifs is 3. The van der Waals surface area contributed by atoms with Gasteiger partial charge in [0.05, 0.1) is 34.5 Å². The van der Waals surface area contributed by atoms with E-state index in [0.29, 0.717) is 35.7 Å². The number of nitrogens with zero attached hydrogens (tertiary/aromatic N) is 4. The van der Waals surface area contributed by atoms with Crippen LogP contribution in [0.2, 0.25) is 0 Å². The molecule has 0 spiro atoms. The number of alkyl halides is 1. The van der Waals surface area contributed by atoms with Gasteiger partial charge < -0.3 is 28.8 Å². The maximum atomic E-state index is 13.9. The van der Waals surface area contributed by atoms with Crippen LogP contribution in [0.25, 0.3) is 33.5 Å². The summed E-state index contributed by atoms with van der Waals surface area (Å²) in [4.78, 5) is 32.6. The van der Waals surface area contributed by atoms with Gasteiger partial charge in [0.25, 0.3) is 16.0 Å². The van der Waals surface area contributed by atoms with Crippen LogP contribution in [0.15, 0.2) is 36.4 Å². The molecule has 6 rings (SSSR count). The molecule has 3 heterocycles. The summed E-state index contributed by atoms with van der Waals surface area (Å²) in [6.45, 7) is 7.19. The molecule has 2 amide bonds. The molecule has 2 aromatic heterocycles. The van der Waals surface area contributed by atoms with Crippen molar-refractivity contribution in [2.24, 2.45) is 13.0 Å². The number of aromatic nitrogens is 3. The number of rotatable bonds is 12. The van der Waals surface area contributed by atoms with Crippen molar-refractivity contribution in [3.05, 3.63) is 47.5 Å². The number of imidazole rings is 1.